The molecule has 3 aromatic rings. The van der Waals surface area contributed by atoms with E-state index < -0.39 is 17.7 Å². The number of amides is 1. The number of aliphatic hydroxyl groups excluding tert-OH is 1. The molecule has 0 aromatic heterocycles. The second-order valence-corrected chi connectivity index (χ2v) is 8.97. The molecule has 7 heteroatoms. The van der Waals surface area contributed by atoms with Gasteiger partial charge in [-0.05, 0) is 54.1 Å². The maximum atomic E-state index is 13.0. The Morgan fingerprint density at radius 1 is 0.833 bits per heavy atom. The zero-order chi connectivity index (χ0) is 21.4. The van der Waals surface area contributed by atoms with Crippen molar-refractivity contribution in [3.05, 3.63) is 103 Å². The smallest absolute Gasteiger partial charge is 0.300 e. The number of nitrogens with zero attached hydrogens (tertiary/aromatic N) is 1. The van der Waals surface area contributed by atoms with Gasteiger partial charge in [0.2, 0.25) is 0 Å². The van der Waals surface area contributed by atoms with Crippen LogP contribution in [-0.2, 0) is 9.59 Å². The summed E-state index contributed by atoms with van der Waals surface area (Å²) in [5, 5.41) is 11.6. The van der Waals surface area contributed by atoms with Crippen LogP contribution in [-0.4, -0.2) is 16.8 Å². The van der Waals surface area contributed by atoms with Gasteiger partial charge in [0.25, 0.3) is 11.7 Å². The van der Waals surface area contributed by atoms with Gasteiger partial charge in [0, 0.05) is 25.2 Å². The van der Waals surface area contributed by atoms with Crippen LogP contribution in [0.25, 0.3) is 5.76 Å². The van der Waals surface area contributed by atoms with E-state index in [1.807, 2.05) is 0 Å². The van der Waals surface area contributed by atoms with E-state index in [0.29, 0.717) is 21.8 Å². The first-order valence-corrected chi connectivity index (χ1v) is 10.9. The first kappa shape index (κ1) is 20.8. The van der Waals surface area contributed by atoms with Gasteiger partial charge < -0.3 is 5.11 Å². The number of benzene rings is 3. The highest BCUT2D eigenvalue weighted by molar-refractivity contribution is 9.10. The van der Waals surface area contributed by atoms with Crippen LogP contribution < -0.4 is 4.90 Å². The number of aliphatic hydroxyl groups is 1. The molecule has 0 aliphatic carbocycles. The molecule has 0 saturated carbocycles. The molecular weight excluding hydrogens is 534 g/mol. The van der Waals surface area contributed by atoms with E-state index in [2.05, 4.69) is 31.9 Å². The zero-order valence-electron chi connectivity index (χ0n) is 15.4. The van der Waals surface area contributed by atoms with Crippen LogP contribution in [0.1, 0.15) is 17.2 Å². The summed E-state index contributed by atoms with van der Waals surface area (Å²) in [5.41, 5.74) is 1.70. The van der Waals surface area contributed by atoms with Gasteiger partial charge in [0.15, 0.2) is 0 Å². The van der Waals surface area contributed by atoms with E-state index >= 15 is 0 Å². The fourth-order valence-electron chi connectivity index (χ4n) is 3.42. The molecule has 1 saturated heterocycles. The number of carbonyl (C=O) groups is 2. The topological polar surface area (TPSA) is 57.6 Å². The van der Waals surface area contributed by atoms with E-state index in [1.165, 1.54) is 4.90 Å². The van der Waals surface area contributed by atoms with E-state index in [1.54, 1.807) is 72.8 Å². The van der Waals surface area contributed by atoms with Crippen LogP contribution in [0.3, 0.4) is 0 Å². The highest BCUT2D eigenvalue weighted by Gasteiger charge is 2.46. The Morgan fingerprint density at radius 2 is 1.37 bits per heavy atom. The van der Waals surface area contributed by atoms with Gasteiger partial charge in [-0.15, -0.1) is 0 Å². The average molecular weight is 548 g/mol. The highest BCUT2D eigenvalue weighted by Crippen LogP contribution is 2.42. The Morgan fingerprint density at radius 3 is 1.93 bits per heavy atom. The molecule has 1 unspecified atom stereocenters. The summed E-state index contributed by atoms with van der Waals surface area (Å²) in [7, 11) is 0. The van der Waals surface area contributed by atoms with Gasteiger partial charge in [0.1, 0.15) is 5.76 Å². The van der Waals surface area contributed by atoms with Gasteiger partial charge in [-0.1, -0.05) is 67.7 Å². The highest BCUT2D eigenvalue weighted by atomic mass is 79.9. The van der Waals surface area contributed by atoms with Gasteiger partial charge in [-0.2, -0.15) is 0 Å². The summed E-state index contributed by atoms with van der Waals surface area (Å²) in [6, 6.07) is 20.1. The molecule has 4 nitrogen and oxygen atoms in total. The van der Waals surface area contributed by atoms with Crippen molar-refractivity contribution in [2.24, 2.45) is 0 Å². The third-order valence-electron chi connectivity index (χ3n) is 4.85. The molecule has 3 aromatic carbocycles. The van der Waals surface area contributed by atoms with Crippen molar-refractivity contribution >= 4 is 66.6 Å². The van der Waals surface area contributed by atoms with E-state index in [9.17, 15) is 14.7 Å². The number of Topliss-reactive ketones (excluding diaryl/α,β-unsaturated/α-hetero) is 1. The monoisotopic (exact) mass is 545 g/mol. The van der Waals surface area contributed by atoms with Gasteiger partial charge in [0.05, 0.1) is 11.6 Å². The van der Waals surface area contributed by atoms with Crippen molar-refractivity contribution in [3.8, 4) is 0 Å². The molecule has 30 heavy (non-hydrogen) atoms. The van der Waals surface area contributed by atoms with Crippen LogP contribution in [0.15, 0.2) is 87.3 Å². The standard InChI is InChI=1S/C23H14Br2ClNO3/c24-15-5-1-14(2-6-15)21(28)19-20(13-3-9-17(26)10-4-13)27(23(30)22(19)29)18-11-7-16(25)8-12-18/h1-12,20,28H/b21-19+. The lowest BCUT2D eigenvalue weighted by Crippen LogP contribution is -2.29. The molecule has 4 rings (SSSR count). The number of carbonyl (C=O) groups excluding carboxylic acids is 2. The summed E-state index contributed by atoms with van der Waals surface area (Å²) >= 11 is 12.8. The fourth-order valence-corrected chi connectivity index (χ4v) is 4.08. The summed E-state index contributed by atoms with van der Waals surface area (Å²) in [6.07, 6.45) is 0. The first-order chi connectivity index (χ1) is 14.4. The Labute approximate surface area is 195 Å². The Balaban J connectivity index is 1.93. The maximum Gasteiger partial charge on any atom is 0.300 e. The van der Waals surface area contributed by atoms with Gasteiger partial charge >= 0.3 is 0 Å². The zero-order valence-corrected chi connectivity index (χ0v) is 19.3. The number of ketones is 1. The first-order valence-electron chi connectivity index (χ1n) is 8.95. The Bertz CT molecular complexity index is 1160. The lowest BCUT2D eigenvalue weighted by molar-refractivity contribution is -0.132. The summed E-state index contributed by atoms with van der Waals surface area (Å²) < 4.78 is 1.68. The molecule has 1 N–H and O–H groups in total. The number of rotatable bonds is 3. The van der Waals surface area contributed by atoms with Crippen LogP contribution >= 0.6 is 43.5 Å². The molecule has 0 bridgehead atoms. The van der Waals surface area contributed by atoms with Crippen molar-refractivity contribution in [2.45, 2.75) is 6.04 Å². The fraction of sp³-hybridized carbons (Fsp3) is 0.0435. The van der Waals surface area contributed by atoms with Crippen molar-refractivity contribution in [1.82, 2.24) is 0 Å². The SMILES string of the molecule is O=C1C(=O)N(c2ccc(Br)cc2)C(c2ccc(Cl)cc2)/C1=C(\O)c1ccc(Br)cc1. The van der Waals surface area contributed by atoms with E-state index in [4.69, 9.17) is 11.6 Å². The van der Waals surface area contributed by atoms with Gasteiger partial charge in [-0.25, -0.2) is 0 Å². The van der Waals surface area contributed by atoms with Crippen LogP contribution in [0, 0.1) is 0 Å². The van der Waals surface area contributed by atoms with E-state index in [0.717, 1.165) is 8.95 Å². The predicted molar refractivity (Wildman–Crippen MR) is 125 cm³/mol. The minimum Gasteiger partial charge on any atom is -0.507 e. The van der Waals surface area contributed by atoms with Gasteiger partial charge in [-0.3, -0.25) is 14.5 Å². The molecule has 1 heterocycles. The summed E-state index contributed by atoms with van der Waals surface area (Å²) in [4.78, 5) is 27.5. The van der Waals surface area contributed by atoms with Crippen LogP contribution in [0.5, 0.6) is 0 Å². The minimum atomic E-state index is -0.785. The summed E-state index contributed by atoms with van der Waals surface area (Å²) in [5.74, 6) is -1.66. The lowest BCUT2D eigenvalue weighted by atomic mass is 9.95. The van der Waals surface area contributed by atoms with Crippen molar-refractivity contribution in [1.29, 1.82) is 0 Å². The third-order valence-corrected chi connectivity index (χ3v) is 6.16. The molecular formula is C23H14Br2ClNO3. The Hall–Kier alpha value is -2.41. The summed E-state index contributed by atoms with van der Waals surface area (Å²) in [6.45, 7) is 0. The van der Waals surface area contributed by atoms with E-state index in [-0.39, 0.29) is 11.3 Å². The average Bonchev–Trinajstić information content (AvgIpc) is 3.00. The third kappa shape index (κ3) is 3.83. The minimum absolute atomic E-state index is 0.0348. The molecule has 0 spiro atoms. The van der Waals surface area contributed by atoms with Crippen molar-refractivity contribution < 1.29 is 14.7 Å². The van der Waals surface area contributed by atoms with Crippen LogP contribution in [0.4, 0.5) is 5.69 Å². The largest absolute Gasteiger partial charge is 0.507 e. The number of hydrogen-bond acceptors (Lipinski definition) is 3. The molecule has 0 radical (unpaired) electrons. The lowest BCUT2D eigenvalue weighted by Gasteiger charge is -2.25. The van der Waals surface area contributed by atoms with Crippen molar-refractivity contribution in [2.75, 3.05) is 4.90 Å². The molecule has 1 atom stereocenters. The number of halogens is 3. The predicted octanol–water partition coefficient (Wildman–Crippen LogP) is 6.49. The second kappa shape index (κ2) is 8.38. The quantitative estimate of drug-likeness (QED) is 0.232. The Kier molecular flexibility index (Phi) is 5.82. The number of anilines is 1. The van der Waals surface area contributed by atoms with Crippen LogP contribution in [0.2, 0.25) is 5.02 Å². The molecule has 1 fully saturated rings. The maximum absolute atomic E-state index is 13.0. The molecule has 150 valence electrons. The number of hydrogen-bond donors (Lipinski definition) is 1. The van der Waals surface area contributed by atoms with Crippen molar-refractivity contribution in [3.63, 3.8) is 0 Å². The normalized spacial score (nSPS) is 18.1. The molecule has 1 aliphatic heterocycles. The molecule has 1 amide bonds. The second-order valence-electron chi connectivity index (χ2n) is 6.70. The molecule has 1 aliphatic rings.